The fourth-order valence-electron chi connectivity index (χ4n) is 2.86. The summed E-state index contributed by atoms with van der Waals surface area (Å²) < 4.78 is 6.82. The molecular weight excluding hydrogens is 346 g/mol. The predicted octanol–water partition coefficient (Wildman–Crippen LogP) is 5.54. The Morgan fingerprint density at radius 3 is 3.10 bits per heavy atom. The molecule has 0 bridgehead atoms. The number of aryl methyl sites for hydroxylation is 1. The van der Waals surface area contributed by atoms with Crippen molar-refractivity contribution in [3.05, 3.63) is 50.1 Å². The zero-order chi connectivity index (χ0) is 14.7. The molecule has 2 aromatic rings. The Labute approximate surface area is 138 Å². The minimum absolute atomic E-state index is 0.416. The summed E-state index contributed by atoms with van der Waals surface area (Å²) in [7, 11) is 0. The van der Waals surface area contributed by atoms with E-state index in [1.54, 1.807) is 0 Å². The zero-order valence-electron chi connectivity index (χ0n) is 12.2. The number of nitrogens with one attached hydrogen (secondary N) is 1. The maximum atomic E-state index is 5.58. The first-order chi connectivity index (χ1) is 10.3. The summed E-state index contributed by atoms with van der Waals surface area (Å²) in [4.78, 5) is 1.52. The van der Waals surface area contributed by atoms with Crippen molar-refractivity contribution in [2.45, 2.75) is 38.8 Å². The van der Waals surface area contributed by atoms with Crippen LogP contribution in [0.1, 0.15) is 41.8 Å². The molecule has 112 valence electrons. The van der Waals surface area contributed by atoms with E-state index in [-0.39, 0.29) is 0 Å². The van der Waals surface area contributed by atoms with Gasteiger partial charge in [-0.3, -0.25) is 0 Å². The van der Waals surface area contributed by atoms with E-state index in [2.05, 4.69) is 51.6 Å². The highest BCUT2D eigenvalue weighted by Gasteiger charge is 2.23. The summed E-state index contributed by atoms with van der Waals surface area (Å²) in [5, 5.41) is 3.73. The van der Waals surface area contributed by atoms with E-state index in [0.717, 1.165) is 6.61 Å². The molecule has 0 fully saturated rings. The van der Waals surface area contributed by atoms with Crippen LogP contribution in [0.2, 0.25) is 0 Å². The van der Waals surface area contributed by atoms with Gasteiger partial charge in [-0.15, -0.1) is 11.3 Å². The number of rotatable bonds is 5. The van der Waals surface area contributed by atoms with E-state index in [4.69, 9.17) is 4.74 Å². The number of para-hydroxylation sites is 1. The molecule has 0 aliphatic heterocycles. The topological polar surface area (TPSA) is 21.3 Å². The molecule has 0 saturated heterocycles. The van der Waals surface area contributed by atoms with E-state index < -0.39 is 0 Å². The number of fused-ring (bicyclic) bond motifs is 1. The van der Waals surface area contributed by atoms with Crippen LogP contribution in [0, 0.1) is 0 Å². The van der Waals surface area contributed by atoms with Crippen LogP contribution in [0.25, 0.3) is 0 Å². The molecule has 21 heavy (non-hydrogen) atoms. The van der Waals surface area contributed by atoms with Crippen LogP contribution in [0.15, 0.2) is 34.1 Å². The predicted molar refractivity (Wildman–Crippen MR) is 93.1 cm³/mol. The molecule has 4 heteroatoms. The molecule has 2 nitrogen and oxygen atoms in total. The minimum Gasteiger partial charge on any atom is -0.378 e. The highest BCUT2D eigenvalue weighted by atomic mass is 79.9. The first-order valence-corrected chi connectivity index (χ1v) is 9.09. The minimum atomic E-state index is 0.416. The Balaban J connectivity index is 1.81. The van der Waals surface area contributed by atoms with E-state index in [0.29, 0.717) is 12.6 Å². The van der Waals surface area contributed by atoms with Gasteiger partial charge in [0.15, 0.2) is 0 Å². The molecule has 1 aromatic carbocycles. The van der Waals surface area contributed by atoms with E-state index in [1.807, 2.05) is 18.3 Å². The average molecular weight is 366 g/mol. The summed E-state index contributed by atoms with van der Waals surface area (Å²) in [5.74, 6) is 0. The van der Waals surface area contributed by atoms with Crippen molar-refractivity contribution in [2.24, 2.45) is 0 Å². The van der Waals surface area contributed by atoms with Gasteiger partial charge < -0.3 is 10.1 Å². The summed E-state index contributed by atoms with van der Waals surface area (Å²) in [6, 6.07) is 11.2. The van der Waals surface area contributed by atoms with Crippen molar-refractivity contribution in [1.29, 1.82) is 0 Å². The summed E-state index contributed by atoms with van der Waals surface area (Å²) in [5.41, 5.74) is 3.90. The Morgan fingerprint density at radius 2 is 2.24 bits per heavy atom. The van der Waals surface area contributed by atoms with Gasteiger partial charge in [0.2, 0.25) is 0 Å². The second-order valence-electron chi connectivity index (χ2n) is 5.31. The lowest BCUT2D eigenvalue weighted by atomic mass is 9.93. The van der Waals surface area contributed by atoms with Gasteiger partial charge in [0.25, 0.3) is 0 Å². The van der Waals surface area contributed by atoms with E-state index in [9.17, 15) is 0 Å². The van der Waals surface area contributed by atoms with Gasteiger partial charge in [0, 0.05) is 22.7 Å². The Kier molecular flexibility index (Phi) is 4.99. The third-order valence-electron chi connectivity index (χ3n) is 3.89. The number of hydrogen-bond donors (Lipinski definition) is 1. The summed E-state index contributed by atoms with van der Waals surface area (Å²) in [6.07, 6.45) is 3.66. The first kappa shape index (κ1) is 15.1. The smallest absolute Gasteiger partial charge is 0.0736 e. The van der Waals surface area contributed by atoms with Crippen LogP contribution in [0.5, 0.6) is 0 Å². The Morgan fingerprint density at radius 1 is 1.38 bits per heavy atom. The molecule has 0 saturated carbocycles. The fourth-order valence-corrected chi connectivity index (χ4v) is 4.68. The Bertz CT molecular complexity index is 611. The lowest BCUT2D eigenvalue weighted by molar-refractivity contribution is 0.134. The molecule has 1 aliphatic carbocycles. The molecule has 3 rings (SSSR count). The van der Waals surface area contributed by atoms with Crippen LogP contribution in [0.4, 0.5) is 5.69 Å². The fraction of sp³-hybridized carbons (Fsp3) is 0.412. The van der Waals surface area contributed by atoms with Crippen LogP contribution in [-0.4, -0.2) is 6.61 Å². The highest BCUT2D eigenvalue weighted by Crippen LogP contribution is 2.39. The maximum Gasteiger partial charge on any atom is 0.0736 e. The van der Waals surface area contributed by atoms with Crippen molar-refractivity contribution >= 4 is 33.0 Å². The molecule has 1 aromatic heterocycles. The molecule has 1 atom stereocenters. The van der Waals surface area contributed by atoms with E-state index >= 15 is 0 Å². The van der Waals surface area contributed by atoms with Gasteiger partial charge in [-0.25, -0.2) is 0 Å². The second-order valence-corrected chi connectivity index (χ2v) is 7.83. The quantitative estimate of drug-likeness (QED) is 0.751. The summed E-state index contributed by atoms with van der Waals surface area (Å²) >= 11 is 5.50. The molecule has 0 radical (unpaired) electrons. The summed E-state index contributed by atoms with van der Waals surface area (Å²) in [6.45, 7) is 3.46. The number of thiophene rings is 1. The van der Waals surface area contributed by atoms with Crippen molar-refractivity contribution < 1.29 is 4.74 Å². The van der Waals surface area contributed by atoms with Crippen molar-refractivity contribution in [3.8, 4) is 0 Å². The van der Waals surface area contributed by atoms with Gasteiger partial charge in [0.05, 0.1) is 16.4 Å². The monoisotopic (exact) mass is 365 g/mol. The van der Waals surface area contributed by atoms with Gasteiger partial charge in [-0.1, -0.05) is 18.2 Å². The lowest BCUT2D eigenvalue weighted by Crippen LogP contribution is -2.16. The SMILES string of the molecule is CCOCc1ccccc1NC1CCCc2sc(Br)cc21. The van der Waals surface area contributed by atoms with Crippen molar-refractivity contribution in [2.75, 3.05) is 11.9 Å². The van der Waals surface area contributed by atoms with Crippen LogP contribution in [-0.2, 0) is 17.8 Å². The number of anilines is 1. The zero-order valence-corrected chi connectivity index (χ0v) is 14.6. The van der Waals surface area contributed by atoms with Gasteiger partial charge in [0.1, 0.15) is 0 Å². The largest absolute Gasteiger partial charge is 0.378 e. The molecule has 1 N–H and O–H groups in total. The molecule has 1 heterocycles. The average Bonchev–Trinajstić information content (AvgIpc) is 2.88. The number of benzene rings is 1. The van der Waals surface area contributed by atoms with Gasteiger partial charge in [-0.05, 0) is 59.8 Å². The molecule has 1 aliphatic rings. The molecule has 0 spiro atoms. The third kappa shape index (κ3) is 3.50. The number of halogens is 1. The van der Waals surface area contributed by atoms with Crippen molar-refractivity contribution in [1.82, 2.24) is 0 Å². The standard InChI is InChI=1S/C17H20BrNOS/c1-2-20-11-12-6-3-4-7-14(12)19-15-8-5-9-16-13(15)10-17(18)21-16/h3-4,6-7,10,15,19H,2,5,8-9,11H2,1H3. The lowest BCUT2D eigenvalue weighted by Gasteiger charge is -2.26. The van der Waals surface area contributed by atoms with Gasteiger partial charge >= 0.3 is 0 Å². The highest BCUT2D eigenvalue weighted by molar-refractivity contribution is 9.11. The molecule has 1 unspecified atom stereocenters. The molecule has 0 amide bonds. The number of ether oxygens (including phenoxy) is 1. The third-order valence-corrected chi connectivity index (χ3v) is 5.61. The molecular formula is C17H20BrNOS. The van der Waals surface area contributed by atoms with Crippen LogP contribution < -0.4 is 5.32 Å². The van der Waals surface area contributed by atoms with Gasteiger partial charge in [-0.2, -0.15) is 0 Å². The van der Waals surface area contributed by atoms with E-state index in [1.165, 1.54) is 44.7 Å². The first-order valence-electron chi connectivity index (χ1n) is 7.48. The maximum absolute atomic E-state index is 5.58. The number of hydrogen-bond acceptors (Lipinski definition) is 3. The van der Waals surface area contributed by atoms with Crippen molar-refractivity contribution in [3.63, 3.8) is 0 Å². The van der Waals surface area contributed by atoms with Crippen LogP contribution >= 0.6 is 27.3 Å². The normalized spacial score (nSPS) is 17.5. The Hall–Kier alpha value is -0.840. The second kappa shape index (κ2) is 6.95. The van der Waals surface area contributed by atoms with Crippen LogP contribution in [0.3, 0.4) is 0 Å².